The van der Waals surface area contributed by atoms with Crippen molar-refractivity contribution in [2.45, 2.75) is 28.4 Å². The first-order chi connectivity index (χ1) is 13.3. The molecule has 0 unspecified atom stereocenters. The summed E-state index contributed by atoms with van der Waals surface area (Å²) < 4.78 is 28.4. The van der Waals surface area contributed by atoms with Gasteiger partial charge in [-0.15, -0.1) is 11.8 Å². The van der Waals surface area contributed by atoms with Gasteiger partial charge in [-0.25, -0.2) is 13.2 Å². The first kappa shape index (κ1) is 20.4. The number of amides is 1. The molecule has 1 heterocycles. The highest BCUT2D eigenvalue weighted by molar-refractivity contribution is 8.00. The molecule has 2 aromatic rings. The number of benzene rings is 2. The van der Waals surface area contributed by atoms with Crippen molar-refractivity contribution in [3.63, 3.8) is 0 Å². The summed E-state index contributed by atoms with van der Waals surface area (Å²) in [5, 5.41) is 0.375. The van der Waals surface area contributed by atoms with Gasteiger partial charge in [-0.1, -0.05) is 25.1 Å². The molecular weight excluding hydrogens is 398 g/mol. The van der Waals surface area contributed by atoms with Crippen molar-refractivity contribution in [3.8, 4) is 0 Å². The van der Waals surface area contributed by atoms with Crippen LogP contribution in [0.5, 0.6) is 0 Å². The lowest BCUT2D eigenvalue weighted by molar-refractivity contribution is -0.121. The van der Waals surface area contributed by atoms with Gasteiger partial charge in [0.2, 0.25) is 0 Å². The van der Waals surface area contributed by atoms with Crippen LogP contribution in [0.25, 0.3) is 0 Å². The van der Waals surface area contributed by atoms with Gasteiger partial charge in [-0.05, 0) is 36.8 Å². The number of carbonyl (C=O) groups excluding carboxylic acids is 2. The van der Waals surface area contributed by atoms with E-state index in [0.29, 0.717) is 11.8 Å². The number of ether oxygens (including phenoxy) is 1. The number of nitrogens with zero attached hydrogens (tertiary/aromatic N) is 1. The van der Waals surface area contributed by atoms with E-state index in [0.717, 1.165) is 23.3 Å². The van der Waals surface area contributed by atoms with Crippen molar-refractivity contribution >= 4 is 39.2 Å². The molecule has 1 aliphatic rings. The molecule has 0 N–H and O–H groups in total. The van der Waals surface area contributed by atoms with Gasteiger partial charge < -0.3 is 9.64 Å². The molecule has 28 heavy (non-hydrogen) atoms. The summed E-state index contributed by atoms with van der Waals surface area (Å²) in [6, 6.07) is 13.3. The monoisotopic (exact) mass is 419 g/mol. The van der Waals surface area contributed by atoms with Crippen molar-refractivity contribution < 1.29 is 22.7 Å². The molecular formula is C20H21NO5S2. The highest BCUT2D eigenvalue weighted by Crippen LogP contribution is 2.37. The number of para-hydroxylation sites is 1. The van der Waals surface area contributed by atoms with Gasteiger partial charge in [0.15, 0.2) is 16.4 Å². The summed E-state index contributed by atoms with van der Waals surface area (Å²) in [6.45, 7) is 2.25. The summed E-state index contributed by atoms with van der Waals surface area (Å²) >= 11 is 1.72. The van der Waals surface area contributed by atoms with Crippen LogP contribution in [0, 0.1) is 0 Å². The Morgan fingerprint density at radius 2 is 1.93 bits per heavy atom. The molecule has 0 saturated heterocycles. The summed E-state index contributed by atoms with van der Waals surface area (Å²) in [6.07, 6.45) is 1.90. The van der Waals surface area contributed by atoms with E-state index in [1.54, 1.807) is 16.7 Å². The fourth-order valence-electron chi connectivity index (χ4n) is 2.89. The van der Waals surface area contributed by atoms with Gasteiger partial charge in [-0.2, -0.15) is 0 Å². The molecule has 6 nitrogen and oxygen atoms in total. The Morgan fingerprint density at radius 3 is 2.68 bits per heavy atom. The van der Waals surface area contributed by atoms with E-state index >= 15 is 0 Å². The highest BCUT2D eigenvalue weighted by Gasteiger charge is 2.25. The molecule has 0 bridgehead atoms. The van der Waals surface area contributed by atoms with Crippen LogP contribution < -0.4 is 4.90 Å². The lowest BCUT2D eigenvalue weighted by Crippen LogP contribution is -2.35. The number of sulfone groups is 1. The number of anilines is 1. The zero-order valence-electron chi connectivity index (χ0n) is 15.6. The molecule has 0 spiro atoms. The molecule has 148 valence electrons. The maximum Gasteiger partial charge on any atom is 0.338 e. The average Bonchev–Trinajstić information content (AvgIpc) is 2.83. The van der Waals surface area contributed by atoms with E-state index in [-0.39, 0.29) is 16.4 Å². The highest BCUT2D eigenvalue weighted by atomic mass is 32.2. The maximum absolute atomic E-state index is 12.7. The minimum atomic E-state index is -3.44. The summed E-state index contributed by atoms with van der Waals surface area (Å²) in [5.74, 6) is -1.04. The lowest BCUT2D eigenvalue weighted by Gasteiger charge is -2.22. The van der Waals surface area contributed by atoms with E-state index < -0.39 is 22.4 Å². The summed E-state index contributed by atoms with van der Waals surface area (Å²) in [4.78, 5) is 27.7. The standard InChI is InChI=1S/C20H21NO5S2/c1-14-10-11-21(17-8-3-4-9-18(17)27-14)19(22)13-26-20(23)15-6-5-7-16(12-15)28(2,24)25/h3-9,12,14H,10-11,13H2,1-2H3/t14-/m1/s1. The third-order valence-electron chi connectivity index (χ3n) is 4.37. The van der Waals surface area contributed by atoms with Gasteiger partial charge in [0.05, 0.1) is 16.1 Å². The van der Waals surface area contributed by atoms with Crippen molar-refractivity contribution in [2.75, 3.05) is 24.3 Å². The second kappa shape index (κ2) is 8.36. The van der Waals surface area contributed by atoms with Crippen molar-refractivity contribution in [1.82, 2.24) is 0 Å². The molecule has 2 aromatic carbocycles. The van der Waals surface area contributed by atoms with E-state index in [4.69, 9.17) is 4.74 Å². The zero-order chi connectivity index (χ0) is 20.3. The average molecular weight is 420 g/mol. The summed E-state index contributed by atoms with van der Waals surface area (Å²) in [5.41, 5.74) is 0.910. The molecule has 0 aliphatic carbocycles. The molecule has 3 rings (SSSR count). The molecule has 1 amide bonds. The van der Waals surface area contributed by atoms with Crippen LogP contribution in [0.2, 0.25) is 0 Å². The van der Waals surface area contributed by atoms with Crippen molar-refractivity contribution in [3.05, 3.63) is 54.1 Å². The zero-order valence-corrected chi connectivity index (χ0v) is 17.3. The van der Waals surface area contributed by atoms with Crippen LogP contribution in [-0.4, -0.2) is 45.0 Å². The molecule has 0 fully saturated rings. The van der Waals surface area contributed by atoms with Gasteiger partial charge in [0.1, 0.15) is 0 Å². The predicted molar refractivity (Wildman–Crippen MR) is 109 cm³/mol. The number of thioether (sulfide) groups is 1. The fraction of sp³-hybridized carbons (Fsp3) is 0.300. The Balaban J connectivity index is 1.71. The van der Waals surface area contributed by atoms with Crippen molar-refractivity contribution in [2.24, 2.45) is 0 Å². The number of hydrogen-bond acceptors (Lipinski definition) is 6. The minimum Gasteiger partial charge on any atom is -0.452 e. The second-order valence-corrected chi connectivity index (χ2v) is 10.1. The van der Waals surface area contributed by atoms with E-state index in [2.05, 4.69) is 6.92 Å². The molecule has 1 aliphatic heterocycles. The third-order valence-corrected chi connectivity index (χ3v) is 6.72. The first-order valence-corrected chi connectivity index (χ1v) is 11.6. The molecule has 0 radical (unpaired) electrons. The molecule has 1 atom stereocenters. The number of rotatable bonds is 4. The molecule has 8 heteroatoms. The van der Waals surface area contributed by atoms with Gasteiger partial charge in [0.25, 0.3) is 5.91 Å². The molecule has 0 saturated carbocycles. The Kier molecular flexibility index (Phi) is 6.10. The Hall–Kier alpha value is -2.32. The van der Waals surface area contributed by atoms with Crippen LogP contribution in [0.1, 0.15) is 23.7 Å². The van der Waals surface area contributed by atoms with Crippen LogP contribution in [0.4, 0.5) is 5.69 Å². The quantitative estimate of drug-likeness (QED) is 0.708. The number of fused-ring (bicyclic) bond motifs is 1. The first-order valence-electron chi connectivity index (χ1n) is 8.79. The number of esters is 1. The Labute approximate surface area is 168 Å². The largest absolute Gasteiger partial charge is 0.452 e. The third kappa shape index (κ3) is 4.74. The second-order valence-electron chi connectivity index (χ2n) is 6.61. The van der Waals surface area contributed by atoms with Crippen LogP contribution in [0.15, 0.2) is 58.3 Å². The topological polar surface area (TPSA) is 80.8 Å². The predicted octanol–water partition coefficient (Wildman–Crippen LogP) is 3.16. The Bertz CT molecular complexity index is 1000. The fourth-order valence-corrected chi connectivity index (χ4v) is 4.67. The Morgan fingerprint density at radius 1 is 1.18 bits per heavy atom. The van der Waals surface area contributed by atoms with Crippen molar-refractivity contribution in [1.29, 1.82) is 0 Å². The van der Waals surface area contributed by atoms with E-state index in [1.165, 1.54) is 24.3 Å². The SMILES string of the molecule is C[C@@H]1CCN(C(=O)COC(=O)c2cccc(S(C)(=O)=O)c2)c2ccccc2S1. The van der Waals surface area contributed by atoms with Crippen LogP contribution >= 0.6 is 11.8 Å². The summed E-state index contributed by atoms with van der Waals surface area (Å²) in [7, 11) is -3.44. The minimum absolute atomic E-state index is 0.0285. The van der Waals surface area contributed by atoms with Crippen LogP contribution in [-0.2, 0) is 19.4 Å². The lowest BCUT2D eigenvalue weighted by atomic mass is 10.2. The van der Waals surface area contributed by atoms with E-state index in [1.807, 2.05) is 24.3 Å². The van der Waals surface area contributed by atoms with Crippen LogP contribution in [0.3, 0.4) is 0 Å². The van der Waals surface area contributed by atoms with Gasteiger partial charge in [-0.3, -0.25) is 4.79 Å². The van der Waals surface area contributed by atoms with E-state index in [9.17, 15) is 18.0 Å². The molecule has 0 aromatic heterocycles. The number of hydrogen-bond donors (Lipinski definition) is 0. The normalized spacial score (nSPS) is 16.8. The smallest absolute Gasteiger partial charge is 0.338 e. The van der Waals surface area contributed by atoms with Gasteiger partial charge in [0, 0.05) is 22.9 Å². The number of carbonyl (C=O) groups is 2. The maximum atomic E-state index is 12.7. The van der Waals surface area contributed by atoms with Gasteiger partial charge >= 0.3 is 5.97 Å².